The number of hydrogen-bond donors (Lipinski definition) is 1. The second-order valence-corrected chi connectivity index (χ2v) is 9.62. The van der Waals surface area contributed by atoms with Gasteiger partial charge in [0, 0.05) is 16.5 Å². The second-order valence-electron chi connectivity index (χ2n) is 4.88. The van der Waals surface area contributed by atoms with Gasteiger partial charge in [0.25, 0.3) is 0 Å². The van der Waals surface area contributed by atoms with Crippen molar-refractivity contribution < 1.29 is 26.7 Å². The van der Waals surface area contributed by atoms with Gasteiger partial charge in [0.1, 0.15) is 0 Å². The highest BCUT2D eigenvalue weighted by molar-refractivity contribution is 9.10. The van der Waals surface area contributed by atoms with Crippen LogP contribution in [0.2, 0.25) is 0 Å². The average Bonchev–Trinajstić information content (AvgIpc) is 2.68. The topological polar surface area (TPSA) is 109 Å². The fourth-order valence-electron chi connectivity index (χ4n) is 2.23. The molecule has 1 aliphatic rings. The minimum Gasteiger partial charge on any atom is -0.478 e. The Balaban J connectivity index is 2.63. The van der Waals surface area contributed by atoms with Crippen molar-refractivity contribution in [2.45, 2.75) is 6.42 Å². The third kappa shape index (κ3) is 3.18. The number of hydrogen-bond acceptors (Lipinski definition) is 5. The molecule has 10 heteroatoms. The van der Waals surface area contributed by atoms with Gasteiger partial charge in [-0.1, -0.05) is 0 Å². The van der Waals surface area contributed by atoms with Crippen molar-refractivity contribution in [2.24, 2.45) is 0 Å². The maximum absolute atomic E-state index is 11.8. The molecule has 0 bridgehead atoms. The Labute approximate surface area is 136 Å². The number of carboxylic acids is 1. The minimum atomic E-state index is -4.06. The van der Waals surface area contributed by atoms with Crippen LogP contribution in [0.1, 0.15) is 11.1 Å². The zero-order valence-electron chi connectivity index (χ0n) is 11.6. The number of aliphatic carboxylic acids is 1. The van der Waals surface area contributed by atoms with Crippen LogP contribution in [-0.2, 0) is 31.3 Å². The molecule has 22 heavy (non-hydrogen) atoms. The van der Waals surface area contributed by atoms with E-state index in [4.69, 9.17) is 5.11 Å². The molecule has 0 aliphatic heterocycles. The van der Waals surface area contributed by atoms with E-state index in [2.05, 4.69) is 15.9 Å². The van der Waals surface area contributed by atoms with Crippen LogP contribution in [0.15, 0.2) is 22.2 Å². The highest BCUT2D eigenvalue weighted by Gasteiger charge is 2.31. The zero-order chi connectivity index (χ0) is 16.9. The van der Waals surface area contributed by atoms with Crippen LogP contribution >= 0.6 is 15.9 Å². The average molecular weight is 410 g/mol. The summed E-state index contributed by atoms with van der Waals surface area (Å²) >= 11 is 3.15. The standard InChI is InChI=1S/C12H12BrNO6S2/c1-21(17,18)14(22(2,19)20)11-6-8-4-9(12(15)16)3-7(8)5-10(11)13/h3,5-6H,4H2,1-2H3,(H,15,16). The molecular formula is C12H12BrNO6S2. The van der Waals surface area contributed by atoms with Crippen molar-refractivity contribution in [3.8, 4) is 0 Å². The summed E-state index contributed by atoms with van der Waals surface area (Å²) in [5.74, 6) is -1.07. The molecular weight excluding hydrogens is 398 g/mol. The molecule has 0 atom stereocenters. The first-order valence-corrected chi connectivity index (χ1v) is 10.4. The zero-order valence-corrected chi connectivity index (χ0v) is 14.8. The Morgan fingerprint density at radius 1 is 1.18 bits per heavy atom. The van der Waals surface area contributed by atoms with Gasteiger partial charge in [-0.3, -0.25) is 0 Å². The van der Waals surface area contributed by atoms with E-state index in [1.807, 2.05) is 0 Å². The van der Waals surface area contributed by atoms with Gasteiger partial charge in [-0.15, -0.1) is 0 Å². The van der Waals surface area contributed by atoms with Crippen LogP contribution in [0.3, 0.4) is 0 Å². The minimum absolute atomic E-state index is 0.0659. The Bertz CT molecular complexity index is 870. The van der Waals surface area contributed by atoms with Gasteiger partial charge in [0.15, 0.2) is 0 Å². The van der Waals surface area contributed by atoms with E-state index in [-0.39, 0.29) is 22.2 Å². The largest absolute Gasteiger partial charge is 0.478 e. The van der Waals surface area contributed by atoms with Crippen LogP contribution < -0.4 is 3.71 Å². The van der Waals surface area contributed by atoms with E-state index < -0.39 is 26.0 Å². The lowest BCUT2D eigenvalue weighted by atomic mass is 10.1. The first-order chi connectivity index (χ1) is 9.91. The summed E-state index contributed by atoms with van der Waals surface area (Å²) in [4.78, 5) is 11.0. The van der Waals surface area contributed by atoms with Crippen molar-refractivity contribution in [1.82, 2.24) is 0 Å². The van der Waals surface area contributed by atoms with Crippen LogP contribution in [-0.4, -0.2) is 40.4 Å². The van der Waals surface area contributed by atoms with Crippen molar-refractivity contribution in [3.05, 3.63) is 33.3 Å². The molecule has 1 N–H and O–H groups in total. The summed E-state index contributed by atoms with van der Waals surface area (Å²) in [7, 11) is -8.13. The molecule has 1 aromatic carbocycles. The van der Waals surface area contributed by atoms with Crippen LogP contribution in [0.4, 0.5) is 5.69 Å². The van der Waals surface area contributed by atoms with Crippen LogP contribution in [0.25, 0.3) is 6.08 Å². The van der Waals surface area contributed by atoms with Gasteiger partial charge in [-0.05, 0) is 45.3 Å². The number of halogens is 1. The van der Waals surface area contributed by atoms with E-state index in [9.17, 15) is 21.6 Å². The molecule has 120 valence electrons. The number of rotatable bonds is 4. The van der Waals surface area contributed by atoms with Crippen molar-refractivity contribution in [2.75, 3.05) is 16.2 Å². The SMILES string of the molecule is CS(=O)(=O)N(c1cc2c(cc1Br)C=C(C(=O)O)C2)S(C)(=O)=O. The van der Waals surface area contributed by atoms with Crippen LogP contribution in [0, 0.1) is 0 Å². The van der Waals surface area contributed by atoms with E-state index >= 15 is 0 Å². The van der Waals surface area contributed by atoms with E-state index in [0.29, 0.717) is 14.8 Å². The molecule has 0 unspecified atom stereocenters. The lowest BCUT2D eigenvalue weighted by Gasteiger charge is -2.22. The molecule has 0 saturated heterocycles. The van der Waals surface area contributed by atoms with Crippen molar-refractivity contribution in [1.29, 1.82) is 0 Å². The maximum Gasteiger partial charge on any atom is 0.331 e. The maximum atomic E-state index is 11.8. The molecule has 2 rings (SSSR count). The monoisotopic (exact) mass is 409 g/mol. The third-order valence-corrected chi connectivity index (χ3v) is 6.85. The normalized spacial score (nSPS) is 14.4. The Morgan fingerprint density at radius 3 is 2.18 bits per heavy atom. The fourth-order valence-corrected chi connectivity index (χ4v) is 5.99. The number of carboxylic acid groups (broad SMARTS) is 1. The summed E-state index contributed by atoms with van der Waals surface area (Å²) < 4.78 is 47.9. The molecule has 7 nitrogen and oxygen atoms in total. The number of sulfonamides is 2. The lowest BCUT2D eigenvalue weighted by Crippen LogP contribution is -2.35. The lowest BCUT2D eigenvalue weighted by molar-refractivity contribution is -0.132. The number of benzene rings is 1. The molecule has 1 aliphatic carbocycles. The summed E-state index contributed by atoms with van der Waals surface area (Å²) in [6, 6.07) is 2.87. The Morgan fingerprint density at radius 2 is 1.73 bits per heavy atom. The van der Waals surface area contributed by atoms with Crippen molar-refractivity contribution in [3.63, 3.8) is 0 Å². The molecule has 0 amide bonds. The Hall–Kier alpha value is -1.39. The molecule has 1 aromatic rings. The number of carbonyl (C=O) groups is 1. The summed E-state index contributed by atoms with van der Waals surface area (Å²) in [6.45, 7) is 0. The Kier molecular flexibility index (Phi) is 4.13. The summed E-state index contributed by atoms with van der Waals surface area (Å²) in [5, 5.41) is 9.01. The van der Waals surface area contributed by atoms with Crippen LogP contribution in [0.5, 0.6) is 0 Å². The second kappa shape index (κ2) is 5.36. The first kappa shape index (κ1) is 17.0. The molecule has 0 spiro atoms. The number of fused-ring (bicyclic) bond motifs is 1. The first-order valence-electron chi connectivity index (χ1n) is 5.88. The van der Waals surface area contributed by atoms with Gasteiger partial charge >= 0.3 is 5.97 Å². The molecule has 0 aromatic heterocycles. The highest BCUT2D eigenvalue weighted by atomic mass is 79.9. The number of nitrogens with zero attached hydrogens (tertiary/aromatic N) is 1. The van der Waals surface area contributed by atoms with Gasteiger partial charge in [-0.2, -0.15) is 3.71 Å². The summed E-state index contributed by atoms with van der Waals surface area (Å²) in [6.07, 6.45) is 3.15. The molecule has 0 fully saturated rings. The van der Waals surface area contributed by atoms with E-state index in [1.54, 1.807) is 0 Å². The summed E-state index contributed by atoms with van der Waals surface area (Å²) in [5.41, 5.74) is 1.25. The van der Waals surface area contributed by atoms with Gasteiger partial charge in [0.2, 0.25) is 20.0 Å². The number of anilines is 1. The van der Waals surface area contributed by atoms with Gasteiger partial charge in [0.05, 0.1) is 18.2 Å². The predicted molar refractivity (Wildman–Crippen MR) is 85.6 cm³/mol. The van der Waals surface area contributed by atoms with E-state index in [0.717, 1.165) is 12.5 Å². The van der Waals surface area contributed by atoms with Gasteiger partial charge < -0.3 is 5.11 Å². The van der Waals surface area contributed by atoms with Gasteiger partial charge in [-0.25, -0.2) is 21.6 Å². The molecule has 0 radical (unpaired) electrons. The molecule has 0 heterocycles. The quantitative estimate of drug-likeness (QED) is 0.799. The predicted octanol–water partition coefficient (Wildman–Crippen LogP) is 1.20. The smallest absolute Gasteiger partial charge is 0.331 e. The fraction of sp³-hybridized carbons (Fsp3) is 0.250. The van der Waals surface area contributed by atoms with E-state index in [1.165, 1.54) is 18.2 Å². The highest BCUT2D eigenvalue weighted by Crippen LogP contribution is 2.37. The third-order valence-electron chi connectivity index (χ3n) is 2.99. The van der Waals surface area contributed by atoms with Crippen molar-refractivity contribution >= 4 is 53.7 Å². The molecule has 0 saturated carbocycles.